The topological polar surface area (TPSA) is 142 Å². The summed E-state index contributed by atoms with van der Waals surface area (Å²) in [5, 5.41) is 33.0. The van der Waals surface area contributed by atoms with Crippen molar-refractivity contribution in [1.29, 1.82) is 0 Å². The summed E-state index contributed by atoms with van der Waals surface area (Å²) in [7, 11) is 0. The molecule has 112 valence electrons. The summed E-state index contributed by atoms with van der Waals surface area (Å²) < 4.78 is 0. The van der Waals surface area contributed by atoms with Gasteiger partial charge in [0.2, 0.25) is 0 Å². The minimum atomic E-state index is -1.16. The number of nitro groups is 3. The average Bonchev–Trinajstić information content (AvgIpc) is 2.47. The number of rotatable bonds is 5. The van der Waals surface area contributed by atoms with Gasteiger partial charge in [-0.1, -0.05) is 30.3 Å². The molecule has 0 radical (unpaired) electrons. The normalized spacial score (nSPS) is 10.2. The van der Waals surface area contributed by atoms with Gasteiger partial charge < -0.3 is 0 Å². The molecule has 0 N–H and O–H groups in total. The molecule has 2 aromatic rings. The number of hydrogen-bond donors (Lipinski definition) is 0. The summed E-state index contributed by atoms with van der Waals surface area (Å²) in [5.74, 6) is 0. The van der Waals surface area contributed by atoms with Crippen molar-refractivity contribution in [3.8, 4) is 0 Å². The summed E-state index contributed by atoms with van der Waals surface area (Å²) >= 11 is 0. The second kappa shape index (κ2) is 5.91. The van der Waals surface area contributed by atoms with Gasteiger partial charge in [0.05, 0.1) is 14.8 Å². The summed E-state index contributed by atoms with van der Waals surface area (Å²) in [6.07, 6.45) is 0.624. The number of nitrogens with zero attached hydrogens (tertiary/aromatic N) is 4. The van der Waals surface area contributed by atoms with Crippen LogP contribution in [0.4, 0.5) is 17.1 Å². The number of aromatic nitrogens is 1. The minimum absolute atomic E-state index is 0.0456. The summed E-state index contributed by atoms with van der Waals surface area (Å²) in [4.78, 5) is 33.4. The zero-order valence-electron chi connectivity index (χ0n) is 10.9. The van der Waals surface area contributed by atoms with Gasteiger partial charge in [0, 0.05) is 6.42 Å². The van der Waals surface area contributed by atoms with E-state index < -0.39 is 31.8 Å². The first kappa shape index (κ1) is 15.0. The standard InChI is InChI=1S/C12H8N4O6/c17-14(18)10-7-13-9(6-8-4-2-1-3-5-8)11(15(19)20)12(10)16(21)22/h1-5,7H,6H2. The van der Waals surface area contributed by atoms with E-state index in [1.54, 1.807) is 30.3 Å². The lowest BCUT2D eigenvalue weighted by atomic mass is 10.1. The Bertz CT molecular complexity index is 762. The molecule has 0 fully saturated rings. The van der Waals surface area contributed by atoms with Crippen molar-refractivity contribution in [2.75, 3.05) is 0 Å². The van der Waals surface area contributed by atoms with Crippen LogP contribution in [-0.2, 0) is 6.42 Å². The molecule has 0 aliphatic rings. The Labute approximate surface area is 122 Å². The van der Waals surface area contributed by atoms with Crippen LogP contribution in [0, 0.1) is 30.3 Å². The molecule has 1 heterocycles. The fourth-order valence-corrected chi connectivity index (χ4v) is 1.94. The second-order valence-electron chi connectivity index (χ2n) is 4.22. The molecule has 22 heavy (non-hydrogen) atoms. The van der Waals surface area contributed by atoms with Gasteiger partial charge in [0.25, 0.3) is 0 Å². The highest BCUT2D eigenvalue weighted by atomic mass is 16.6. The molecule has 1 aromatic carbocycles. The van der Waals surface area contributed by atoms with Crippen LogP contribution >= 0.6 is 0 Å². The van der Waals surface area contributed by atoms with Crippen molar-refractivity contribution in [2.45, 2.75) is 6.42 Å². The maximum Gasteiger partial charge on any atom is 0.425 e. The van der Waals surface area contributed by atoms with Gasteiger partial charge >= 0.3 is 17.1 Å². The van der Waals surface area contributed by atoms with Crippen LogP contribution in [0.1, 0.15) is 11.3 Å². The lowest BCUT2D eigenvalue weighted by Crippen LogP contribution is -2.07. The van der Waals surface area contributed by atoms with Crippen LogP contribution in [0.2, 0.25) is 0 Å². The predicted molar refractivity (Wildman–Crippen MR) is 73.4 cm³/mol. The Morgan fingerprint density at radius 3 is 1.95 bits per heavy atom. The smallest absolute Gasteiger partial charge is 0.258 e. The molecule has 0 unspecified atom stereocenters. The van der Waals surface area contributed by atoms with Gasteiger partial charge in [-0.05, 0) is 5.56 Å². The van der Waals surface area contributed by atoms with Crippen molar-refractivity contribution in [1.82, 2.24) is 4.98 Å². The van der Waals surface area contributed by atoms with Gasteiger partial charge in [0.15, 0.2) is 0 Å². The third-order valence-electron chi connectivity index (χ3n) is 2.86. The molecular formula is C12H8N4O6. The summed E-state index contributed by atoms with van der Waals surface area (Å²) in [6.45, 7) is 0. The molecule has 0 saturated carbocycles. The summed E-state index contributed by atoms with van der Waals surface area (Å²) in [6, 6.07) is 8.46. The molecular weight excluding hydrogens is 296 g/mol. The van der Waals surface area contributed by atoms with E-state index in [4.69, 9.17) is 0 Å². The van der Waals surface area contributed by atoms with E-state index >= 15 is 0 Å². The Morgan fingerprint density at radius 1 is 0.864 bits per heavy atom. The number of hydrogen-bond acceptors (Lipinski definition) is 7. The monoisotopic (exact) mass is 304 g/mol. The third-order valence-corrected chi connectivity index (χ3v) is 2.86. The van der Waals surface area contributed by atoms with E-state index in [0.717, 1.165) is 0 Å². The summed E-state index contributed by atoms with van der Waals surface area (Å²) in [5.41, 5.74) is -2.68. The first-order valence-electron chi connectivity index (χ1n) is 5.90. The van der Waals surface area contributed by atoms with Crippen molar-refractivity contribution < 1.29 is 14.8 Å². The van der Waals surface area contributed by atoms with Gasteiger partial charge in [0.1, 0.15) is 11.9 Å². The molecule has 10 heteroatoms. The maximum absolute atomic E-state index is 11.2. The van der Waals surface area contributed by atoms with Crippen molar-refractivity contribution in [3.05, 3.63) is 78.1 Å². The van der Waals surface area contributed by atoms with E-state index in [2.05, 4.69) is 4.98 Å². The lowest BCUT2D eigenvalue weighted by Gasteiger charge is -2.03. The fraction of sp³-hybridized carbons (Fsp3) is 0.0833. The van der Waals surface area contributed by atoms with Crippen LogP contribution in [-0.4, -0.2) is 19.8 Å². The molecule has 0 aliphatic carbocycles. The first-order chi connectivity index (χ1) is 10.4. The molecule has 1 aromatic heterocycles. The molecule has 0 atom stereocenters. The van der Waals surface area contributed by atoms with Gasteiger partial charge in [-0.3, -0.25) is 30.3 Å². The van der Waals surface area contributed by atoms with E-state index in [-0.39, 0.29) is 12.1 Å². The maximum atomic E-state index is 11.2. The third kappa shape index (κ3) is 2.85. The first-order valence-corrected chi connectivity index (χ1v) is 5.90. The fourth-order valence-electron chi connectivity index (χ4n) is 1.94. The molecule has 0 amide bonds. The SMILES string of the molecule is O=[N+]([O-])c1cnc(Cc2ccccc2)c([N+](=O)[O-])c1[N+](=O)[O-]. The second-order valence-corrected chi connectivity index (χ2v) is 4.22. The van der Waals surface area contributed by atoms with Gasteiger partial charge in [-0.15, -0.1) is 0 Å². The highest BCUT2D eigenvalue weighted by Crippen LogP contribution is 2.38. The Morgan fingerprint density at radius 2 is 1.45 bits per heavy atom. The van der Waals surface area contributed by atoms with Gasteiger partial charge in [-0.25, -0.2) is 4.98 Å². The zero-order chi connectivity index (χ0) is 16.3. The van der Waals surface area contributed by atoms with E-state index in [1.807, 2.05) is 0 Å². The van der Waals surface area contributed by atoms with Crippen molar-refractivity contribution in [2.24, 2.45) is 0 Å². The quantitative estimate of drug-likeness (QED) is 0.609. The van der Waals surface area contributed by atoms with Crippen LogP contribution in [0.5, 0.6) is 0 Å². The van der Waals surface area contributed by atoms with E-state index in [0.29, 0.717) is 11.8 Å². The Hall–Kier alpha value is -3.43. The van der Waals surface area contributed by atoms with Crippen LogP contribution in [0.25, 0.3) is 0 Å². The molecule has 0 saturated heterocycles. The highest BCUT2D eigenvalue weighted by Gasteiger charge is 2.39. The largest absolute Gasteiger partial charge is 0.425 e. The lowest BCUT2D eigenvalue weighted by molar-refractivity contribution is -0.441. The molecule has 10 nitrogen and oxygen atoms in total. The predicted octanol–water partition coefficient (Wildman–Crippen LogP) is 2.40. The number of benzene rings is 1. The van der Waals surface area contributed by atoms with Crippen molar-refractivity contribution in [3.63, 3.8) is 0 Å². The average molecular weight is 304 g/mol. The van der Waals surface area contributed by atoms with E-state index in [9.17, 15) is 30.3 Å². The zero-order valence-corrected chi connectivity index (χ0v) is 10.9. The molecule has 0 spiro atoms. The molecule has 2 rings (SSSR count). The Balaban J connectivity index is 2.65. The Kier molecular flexibility index (Phi) is 4.02. The van der Waals surface area contributed by atoms with E-state index in [1.165, 1.54) is 0 Å². The minimum Gasteiger partial charge on any atom is -0.258 e. The molecule has 0 bridgehead atoms. The number of pyridine rings is 1. The van der Waals surface area contributed by atoms with Crippen LogP contribution in [0.3, 0.4) is 0 Å². The van der Waals surface area contributed by atoms with Crippen LogP contribution < -0.4 is 0 Å². The highest BCUT2D eigenvalue weighted by molar-refractivity contribution is 5.67. The van der Waals surface area contributed by atoms with Crippen LogP contribution in [0.15, 0.2) is 36.5 Å². The van der Waals surface area contributed by atoms with Gasteiger partial charge in [-0.2, -0.15) is 0 Å². The van der Waals surface area contributed by atoms with Crippen molar-refractivity contribution >= 4 is 17.1 Å². The molecule has 0 aliphatic heterocycles.